The molecule has 156 valence electrons. The van der Waals surface area contributed by atoms with Crippen LogP contribution in [0.15, 0.2) is 49.9 Å². The molecule has 0 saturated heterocycles. The molecule has 0 unspecified atom stereocenters. The van der Waals surface area contributed by atoms with Crippen molar-refractivity contribution in [2.75, 3.05) is 24.7 Å². The van der Waals surface area contributed by atoms with Crippen LogP contribution in [0.25, 0.3) is 0 Å². The lowest BCUT2D eigenvalue weighted by atomic mass is 10.2. The molecule has 0 heterocycles. The third-order valence-electron chi connectivity index (χ3n) is 1.78. The van der Waals surface area contributed by atoms with Gasteiger partial charge in [0.2, 0.25) is 0 Å². The molecule has 0 fully saturated rings. The molecule has 0 aliphatic heterocycles. The molecule has 9 heteroatoms. The number of aliphatic hydroxyl groups is 2. The summed E-state index contributed by atoms with van der Waals surface area (Å²) in [5.41, 5.74) is 2.66. The molecule has 1 aromatic rings. The number of ether oxygens (including phenoxy) is 1. The van der Waals surface area contributed by atoms with Gasteiger partial charge in [0, 0.05) is 0 Å². The first-order valence-corrected chi connectivity index (χ1v) is 8.70. The summed E-state index contributed by atoms with van der Waals surface area (Å²) < 4.78 is 4.36. The maximum Gasteiger partial charge on any atom is 0.313 e. The number of aliphatic carboxylic acids is 2. The van der Waals surface area contributed by atoms with Gasteiger partial charge in [0.05, 0.1) is 37.2 Å². The van der Waals surface area contributed by atoms with Gasteiger partial charge in [-0.15, -0.1) is 0 Å². The van der Waals surface area contributed by atoms with Gasteiger partial charge < -0.3 is 25.2 Å². The summed E-state index contributed by atoms with van der Waals surface area (Å²) in [5, 5.41) is 30.5. The number of carbonyl (C=O) groups is 2. The van der Waals surface area contributed by atoms with E-state index in [0.717, 1.165) is 0 Å². The van der Waals surface area contributed by atoms with Crippen molar-refractivity contribution >= 4 is 37.2 Å². The van der Waals surface area contributed by atoms with Gasteiger partial charge in [-0.25, -0.2) is 0 Å². The Balaban J connectivity index is -0.000000126. The van der Waals surface area contributed by atoms with E-state index in [1.165, 1.54) is 23.7 Å². The summed E-state index contributed by atoms with van der Waals surface area (Å²) in [4.78, 5) is 18.6. The topological polar surface area (TPSA) is 124 Å². The lowest BCUT2D eigenvalue weighted by Crippen LogP contribution is -1.92. The predicted molar refractivity (Wildman–Crippen MR) is 115 cm³/mol. The fourth-order valence-corrected chi connectivity index (χ4v) is 0.705. The van der Waals surface area contributed by atoms with E-state index in [2.05, 4.69) is 81.3 Å². The highest BCUT2D eigenvalue weighted by atomic mass is 32.1. The highest BCUT2D eigenvalue weighted by Crippen LogP contribution is 1.99. The Hall–Kier alpha value is -1.94. The van der Waals surface area contributed by atoms with Crippen LogP contribution in [0.4, 0.5) is 0 Å². The first kappa shape index (κ1) is 32.7. The summed E-state index contributed by atoms with van der Waals surface area (Å²) in [6, 6.07) is 8.48. The number of hydrogen-bond donors (Lipinski definition) is 6. The number of benzene rings is 1. The van der Waals surface area contributed by atoms with Gasteiger partial charge in [0.15, 0.2) is 0 Å². The zero-order valence-corrected chi connectivity index (χ0v) is 17.4. The van der Waals surface area contributed by atoms with Gasteiger partial charge in [-0.1, -0.05) is 48.6 Å². The van der Waals surface area contributed by atoms with E-state index in [-0.39, 0.29) is 24.7 Å². The number of aliphatic hydroxyl groups excluding tert-OH is 2. The van der Waals surface area contributed by atoms with E-state index in [0.29, 0.717) is 0 Å². The molecule has 0 aliphatic rings. The van der Waals surface area contributed by atoms with Gasteiger partial charge in [-0.2, -0.15) is 25.3 Å². The Morgan fingerprint density at radius 1 is 0.889 bits per heavy atom. The Labute approximate surface area is 171 Å². The van der Waals surface area contributed by atoms with E-state index in [1.54, 1.807) is 0 Å². The van der Waals surface area contributed by atoms with Crippen molar-refractivity contribution in [3.8, 4) is 0 Å². The van der Waals surface area contributed by atoms with E-state index in [1.807, 2.05) is 0 Å². The molecule has 0 amide bonds. The second-order valence-electron chi connectivity index (χ2n) is 4.18. The summed E-state index contributed by atoms with van der Waals surface area (Å²) in [5.74, 6) is -1.93. The van der Waals surface area contributed by atoms with Crippen LogP contribution in [-0.4, -0.2) is 57.1 Å². The number of carboxylic acid groups (broad SMARTS) is 2. The Morgan fingerprint density at radius 3 is 1.19 bits per heavy atom. The van der Waals surface area contributed by atoms with Crippen LogP contribution in [0, 0.1) is 13.8 Å². The summed E-state index contributed by atoms with van der Waals surface area (Å²) >= 11 is 6.83. The highest BCUT2D eigenvalue weighted by Gasteiger charge is 1.82. The zero-order valence-electron chi connectivity index (χ0n) is 15.6. The van der Waals surface area contributed by atoms with E-state index >= 15 is 0 Å². The van der Waals surface area contributed by atoms with Crippen LogP contribution < -0.4 is 0 Å². The molecule has 1 rings (SSSR count). The van der Waals surface area contributed by atoms with Gasteiger partial charge in [0.25, 0.3) is 0 Å². The molecule has 7 nitrogen and oxygen atoms in total. The van der Waals surface area contributed by atoms with Gasteiger partial charge in [-0.05, 0) is 13.8 Å². The molecule has 0 radical (unpaired) electrons. The van der Waals surface area contributed by atoms with Gasteiger partial charge in [0.1, 0.15) is 0 Å². The average molecular weight is 423 g/mol. The van der Waals surface area contributed by atoms with E-state index in [9.17, 15) is 9.59 Å². The molecule has 0 spiro atoms. The van der Waals surface area contributed by atoms with Gasteiger partial charge in [-0.3, -0.25) is 9.59 Å². The van der Waals surface area contributed by atoms with Crippen molar-refractivity contribution in [3.63, 3.8) is 0 Å². The maximum absolute atomic E-state index is 9.29. The molecule has 27 heavy (non-hydrogen) atoms. The number of rotatable bonds is 5. The number of aryl methyl sites for hydroxylation is 2. The summed E-state index contributed by atoms with van der Waals surface area (Å²) in [6.07, 6.45) is 2.62. The molecule has 4 N–H and O–H groups in total. The first-order valence-electron chi connectivity index (χ1n) is 7.44. The molecular formula is C18H30O7S2. The number of hydrogen-bond acceptors (Lipinski definition) is 7. The average Bonchev–Trinajstić information content (AvgIpc) is 2.66. The van der Waals surface area contributed by atoms with Crippen molar-refractivity contribution < 1.29 is 34.8 Å². The Morgan fingerprint density at radius 2 is 1.11 bits per heavy atom. The molecule has 0 aliphatic carbocycles. The Kier molecular flexibility index (Phi) is 34.9. The maximum atomic E-state index is 9.29. The smallest absolute Gasteiger partial charge is 0.313 e. The molecular weight excluding hydrogens is 392 g/mol. The quantitative estimate of drug-likeness (QED) is 0.318. The summed E-state index contributed by atoms with van der Waals surface area (Å²) in [7, 11) is 0. The molecule has 0 saturated carbocycles. The zero-order chi connectivity index (χ0) is 22.1. The van der Waals surface area contributed by atoms with E-state index < -0.39 is 11.9 Å². The normalized spacial score (nSPS) is 7.63. The SMILES string of the molecule is C=COC=C.Cc1ccc(C)cc1.O=C(O)CS.O=C(O)CS.OCCO. The second kappa shape index (κ2) is 28.8. The minimum absolute atomic E-state index is 0.0833. The molecule has 1 aromatic carbocycles. The lowest BCUT2D eigenvalue weighted by Gasteiger charge is -1.90. The van der Waals surface area contributed by atoms with Crippen LogP contribution in [0.5, 0.6) is 0 Å². The van der Waals surface area contributed by atoms with Gasteiger partial charge >= 0.3 is 11.9 Å². The van der Waals surface area contributed by atoms with Crippen molar-refractivity contribution in [2.45, 2.75) is 13.8 Å². The number of carboxylic acids is 2. The van der Waals surface area contributed by atoms with E-state index in [4.69, 9.17) is 20.4 Å². The second-order valence-corrected chi connectivity index (χ2v) is 4.81. The van der Waals surface area contributed by atoms with Crippen LogP contribution in [0.1, 0.15) is 11.1 Å². The first-order chi connectivity index (χ1) is 12.7. The van der Waals surface area contributed by atoms with Crippen LogP contribution in [0.2, 0.25) is 0 Å². The van der Waals surface area contributed by atoms with Crippen LogP contribution >= 0.6 is 25.3 Å². The minimum atomic E-state index is -0.881. The minimum Gasteiger partial charge on any atom is -0.481 e. The van der Waals surface area contributed by atoms with Crippen molar-refractivity contribution in [2.24, 2.45) is 0 Å². The third-order valence-corrected chi connectivity index (χ3v) is 2.32. The fourth-order valence-electron chi connectivity index (χ4n) is 0.705. The monoisotopic (exact) mass is 422 g/mol. The van der Waals surface area contributed by atoms with Crippen molar-refractivity contribution in [1.82, 2.24) is 0 Å². The van der Waals surface area contributed by atoms with Crippen molar-refractivity contribution in [3.05, 3.63) is 61.1 Å². The predicted octanol–water partition coefficient (Wildman–Crippen LogP) is 2.57. The highest BCUT2D eigenvalue weighted by molar-refractivity contribution is 7.81. The third kappa shape index (κ3) is 51.6. The fraction of sp³-hybridized carbons (Fsp3) is 0.333. The standard InChI is InChI=1S/C8H10.C4H6O.2C2H4O2S.C2H6O2/c1-7-3-5-8(2)6-4-7;1-3-5-4-2;2*3-2(4)1-5;3-1-2-4/h3-6H,1-2H3;3-4H,1-2H2;2*5H,1H2,(H,3,4);3-4H,1-2H2. The number of thiol groups is 2. The lowest BCUT2D eigenvalue weighted by molar-refractivity contribution is -0.134. The molecule has 0 bridgehead atoms. The molecule has 0 atom stereocenters. The Bertz CT molecular complexity index is 434. The van der Waals surface area contributed by atoms with Crippen molar-refractivity contribution in [1.29, 1.82) is 0 Å². The van der Waals surface area contributed by atoms with Crippen LogP contribution in [0.3, 0.4) is 0 Å². The largest absolute Gasteiger partial charge is 0.481 e. The summed E-state index contributed by atoms with van der Waals surface area (Å²) in [6.45, 7) is 10.5. The molecule has 0 aromatic heterocycles. The van der Waals surface area contributed by atoms with Crippen LogP contribution in [-0.2, 0) is 14.3 Å².